The van der Waals surface area contributed by atoms with E-state index in [0.29, 0.717) is 5.82 Å². The molecule has 4 aromatic heterocycles. The van der Waals surface area contributed by atoms with Crippen molar-refractivity contribution >= 4 is 73.8 Å². The summed E-state index contributed by atoms with van der Waals surface area (Å²) in [5.74, 6) is 0.684. The second-order valence-electron chi connectivity index (χ2n) is 15.2. The molecule has 0 saturated heterocycles. The first-order valence-corrected chi connectivity index (χ1v) is 21.7. The molecule has 3 nitrogen and oxygen atoms in total. The summed E-state index contributed by atoms with van der Waals surface area (Å²) in [6.45, 7) is 0. The highest BCUT2D eigenvalue weighted by molar-refractivity contribution is 7.26. The number of fused-ring (bicyclic) bond motifs is 7. The van der Waals surface area contributed by atoms with Gasteiger partial charge in [0.2, 0.25) is 0 Å². The van der Waals surface area contributed by atoms with E-state index in [1.54, 1.807) is 0 Å². The van der Waals surface area contributed by atoms with Crippen LogP contribution in [0.1, 0.15) is 0 Å². The molecule has 0 bridgehead atoms. The van der Waals surface area contributed by atoms with Crippen LogP contribution >= 0.6 is 22.7 Å². The number of hydrogen-bond acceptors (Lipinski definition) is 5. The molecule has 0 aliphatic rings. The summed E-state index contributed by atoms with van der Waals surface area (Å²) in [7, 11) is 0. The first-order valence-electron chi connectivity index (χ1n) is 20.1. The van der Waals surface area contributed by atoms with Crippen LogP contribution in [0.5, 0.6) is 0 Å². The molecule has 0 aliphatic heterocycles. The van der Waals surface area contributed by atoms with Crippen LogP contribution < -0.4 is 0 Å². The van der Waals surface area contributed by atoms with Gasteiger partial charge in [-0.3, -0.25) is 4.98 Å². The molecule has 4 heterocycles. The van der Waals surface area contributed by atoms with Crippen molar-refractivity contribution in [1.29, 1.82) is 0 Å². The fourth-order valence-electron chi connectivity index (χ4n) is 8.58. The first kappa shape index (κ1) is 34.7. The van der Waals surface area contributed by atoms with Crippen LogP contribution in [-0.4, -0.2) is 15.0 Å². The minimum Gasteiger partial charge on any atom is -0.264 e. The van der Waals surface area contributed by atoms with Gasteiger partial charge in [-0.05, 0) is 105 Å². The van der Waals surface area contributed by atoms with Crippen molar-refractivity contribution in [3.05, 3.63) is 200 Å². The number of hydrogen-bond donors (Lipinski definition) is 0. The van der Waals surface area contributed by atoms with Crippen molar-refractivity contribution in [2.24, 2.45) is 0 Å². The lowest BCUT2D eigenvalue weighted by molar-refractivity contribution is 1.18. The number of thiophene rings is 2. The molecule has 5 heteroatoms. The zero-order chi connectivity index (χ0) is 39.6. The van der Waals surface area contributed by atoms with Crippen LogP contribution in [0.2, 0.25) is 0 Å². The van der Waals surface area contributed by atoms with Crippen LogP contribution in [0.25, 0.3) is 118 Å². The van der Waals surface area contributed by atoms with E-state index >= 15 is 0 Å². The Balaban J connectivity index is 1.04. The third-order valence-corrected chi connectivity index (χ3v) is 13.9. The van der Waals surface area contributed by atoms with Crippen molar-refractivity contribution in [2.75, 3.05) is 0 Å². The maximum absolute atomic E-state index is 5.37. The van der Waals surface area contributed by atoms with Gasteiger partial charge in [-0.1, -0.05) is 121 Å². The second-order valence-corrected chi connectivity index (χ2v) is 17.4. The number of rotatable bonds is 6. The zero-order valence-electron chi connectivity index (χ0n) is 32.2. The summed E-state index contributed by atoms with van der Waals surface area (Å²) in [4.78, 5) is 15.0. The minimum atomic E-state index is 0.684. The molecular formula is C55H33N3S2. The normalized spacial score (nSPS) is 11.7. The molecule has 0 saturated carbocycles. The van der Waals surface area contributed by atoms with Gasteiger partial charge in [-0.2, -0.15) is 0 Å². The van der Waals surface area contributed by atoms with E-state index in [9.17, 15) is 0 Å². The van der Waals surface area contributed by atoms with E-state index in [-0.39, 0.29) is 0 Å². The van der Waals surface area contributed by atoms with Crippen molar-refractivity contribution in [1.82, 2.24) is 15.0 Å². The monoisotopic (exact) mass is 799 g/mol. The number of nitrogens with zero attached hydrogens (tertiary/aromatic N) is 3. The molecule has 0 fully saturated rings. The Labute approximate surface area is 354 Å². The molecule has 0 spiro atoms. The molecule has 0 N–H and O–H groups in total. The van der Waals surface area contributed by atoms with Crippen LogP contribution in [-0.2, 0) is 0 Å². The lowest BCUT2D eigenvalue weighted by atomic mass is 9.94. The Bertz CT molecular complexity index is 3470. The van der Waals surface area contributed by atoms with Gasteiger partial charge in [-0.15, -0.1) is 22.7 Å². The van der Waals surface area contributed by atoms with E-state index in [2.05, 4.69) is 187 Å². The summed E-state index contributed by atoms with van der Waals surface area (Å²) in [6, 6.07) is 67.8. The predicted octanol–water partition coefficient (Wildman–Crippen LogP) is 15.8. The highest BCUT2D eigenvalue weighted by atomic mass is 32.1. The summed E-state index contributed by atoms with van der Waals surface area (Å²) in [5.41, 5.74) is 11.7. The summed E-state index contributed by atoms with van der Waals surface area (Å²) >= 11 is 3.69. The minimum absolute atomic E-state index is 0.684. The molecule has 0 aliphatic carbocycles. The quantitative estimate of drug-likeness (QED) is 0.168. The lowest BCUT2D eigenvalue weighted by Crippen LogP contribution is -1.97. The van der Waals surface area contributed by atoms with E-state index in [1.165, 1.54) is 51.3 Å². The van der Waals surface area contributed by atoms with Gasteiger partial charge in [-0.25, -0.2) is 9.97 Å². The van der Waals surface area contributed by atoms with Crippen molar-refractivity contribution in [2.45, 2.75) is 0 Å². The van der Waals surface area contributed by atoms with Crippen LogP contribution in [0.3, 0.4) is 0 Å². The molecular weight excluding hydrogens is 767 g/mol. The summed E-state index contributed by atoms with van der Waals surface area (Å²) in [5, 5.41) is 7.44. The fraction of sp³-hybridized carbons (Fsp3) is 0. The van der Waals surface area contributed by atoms with Gasteiger partial charge >= 0.3 is 0 Å². The van der Waals surface area contributed by atoms with Crippen molar-refractivity contribution in [3.8, 4) is 67.3 Å². The van der Waals surface area contributed by atoms with Crippen molar-refractivity contribution in [3.63, 3.8) is 0 Å². The first-order chi connectivity index (χ1) is 29.7. The molecule has 0 radical (unpaired) electrons. The van der Waals surface area contributed by atoms with Gasteiger partial charge in [0.15, 0.2) is 5.82 Å². The number of aromatic nitrogens is 3. The smallest absolute Gasteiger partial charge is 0.160 e. The topological polar surface area (TPSA) is 38.7 Å². The predicted molar refractivity (Wildman–Crippen MR) is 256 cm³/mol. The van der Waals surface area contributed by atoms with E-state index < -0.39 is 0 Å². The maximum atomic E-state index is 5.37. The molecule has 0 unspecified atom stereocenters. The Kier molecular flexibility index (Phi) is 8.22. The van der Waals surface area contributed by atoms with E-state index in [1.807, 2.05) is 41.1 Å². The molecule has 280 valence electrons. The van der Waals surface area contributed by atoms with Crippen molar-refractivity contribution < 1.29 is 0 Å². The molecule has 8 aromatic carbocycles. The third kappa shape index (κ3) is 6.06. The molecule has 12 aromatic rings. The SMILES string of the molecule is c1ccc(-c2cc(-c3ccc(-c4cccc5cnccc45)cc3)nc(-c3cc(-c4ccc5sc6ccccc6c5c4)cc(-c4ccc5sc6ccccc6c5c4)c3)n2)cc1. The molecule has 0 amide bonds. The van der Waals surface area contributed by atoms with Gasteiger partial charge in [0.25, 0.3) is 0 Å². The van der Waals surface area contributed by atoms with Crippen LogP contribution in [0.4, 0.5) is 0 Å². The average molecular weight is 800 g/mol. The summed E-state index contributed by atoms with van der Waals surface area (Å²) < 4.78 is 5.18. The maximum Gasteiger partial charge on any atom is 0.160 e. The Morgan fingerprint density at radius 3 is 1.50 bits per heavy atom. The zero-order valence-corrected chi connectivity index (χ0v) is 33.8. The van der Waals surface area contributed by atoms with Gasteiger partial charge in [0.1, 0.15) is 0 Å². The Hall–Kier alpha value is -7.31. The second kappa shape index (κ2) is 14.2. The van der Waals surface area contributed by atoms with Gasteiger partial charge < -0.3 is 0 Å². The Morgan fingerprint density at radius 2 is 0.850 bits per heavy atom. The highest BCUT2D eigenvalue weighted by Crippen LogP contribution is 2.41. The fourth-order valence-corrected chi connectivity index (χ4v) is 10.7. The number of pyridine rings is 1. The average Bonchev–Trinajstić information content (AvgIpc) is 3.89. The Morgan fingerprint density at radius 1 is 0.317 bits per heavy atom. The van der Waals surface area contributed by atoms with Crippen LogP contribution in [0, 0.1) is 0 Å². The highest BCUT2D eigenvalue weighted by Gasteiger charge is 2.16. The van der Waals surface area contributed by atoms with Gasteiger partial charge in [0, 0.05) is 74.8 Å². The third-order valence-electron chi connectivity index (χ3n) is 11.6. The largest absolute Gasteiger partial charge is 0.264 e. The molecule has 12 rings (SSSR count). The van der Waals surface area contributed by atoms with Crippen LogP contribution in [0.15, 0.2) is 200 Å². The van der Waals surface area contributed by atoms with Gasteiger partial charge in [0.05, 0.1) is 11.4 Å². The standard InChI is InChI=1S/C55H33N3S2/c1-2-9-35(10-3-1)49-32-50(36-19-17-34(18-20-36)43-14-8-11-39-33-56-26-25-44(39)43)58-55(57-49)42-28-40(37-21-23-53-47(30-37)45-12-4-6-15-51(45)59-53)27-41(29-42)38-22-24-54-48(31-38)46-13-5-7-16-52(46)60-54/h1-33H. The summed E-state index contributed by atoms with van der Waals surface area (Å²) in [6.07, 6.45) is 3.78. The molecule has 60 heavy (non-hydrogen) atoms. The van der Waals surface area contributed by atoms with E-state index in [4.69, 9.17) is 9.97 Å². The van der Waals surface area contributed by atoms with E-state index in [0.717, 1.165) is 61.3 Å². The molecule has 0 atom stereocenters. The number of benzene rings is 8. The lowest BCUT2D eigenvalue weighted by Gasteiger charge is -2.14.